The van der Waals surface area contributed by atoms with Crippen LogP contribution in [0.5, 0.6) is 0 Å². The first-order chi connectivity index (χ1) is 13.3. The number of nitrogens with one attached hydrogen (secondary N) is 2. The van der Waals surface area contributed by atoms with Gasteiger partial charge in [0.25, 0.3) is 0 Å². The molecule has 8 nitrogen and oxygen atoms in total. The van der Waals surface area contributed by atoms with Crippen LogP contribution in [0.25, 0.3) is 0 Å². The highest BCUT2D eigenvalue weighted by Crippen LogP contribution is 2.20. The van der Waals surface area contributed by atoms with Gasteiger partial charge in [-0.1, -0.05) is 11.8 Å². The number of hydrogen-bond acceptors (Lipinski definition) is 7. The van der Waals surface area contributed by atoms with E-state index in [1.807, 2.05) is 16.3 Å². The summed E-state index contributed by atoms with van der Waals surface area (Å²) in [7, 11) is 1.67. The lowest BCUT2D eigenvalue weighted by molar-refractivity contribution is 0.177. The number of aromatic nitrogens is 4. The van der Waals surface area contributed by atoms with Crippen molar-refractivity contribution in [3.8, 4) is 0 Å². The van der Waals surface area contributed by atoms with Gasteiger partial charge in [0.15, 0.2) is 11.8 Å². The van der Waals surface area contributed by atoms with Crippen LogP contribution in [0.2, 0.25) is 0 Å². The first-order valence-corrected chi connectivity index (χ1v) is 11.1. The van der Waals surface area contributed by atoms with Gasteiger partial charge in [0.1, 0.15) is 16.8 Å². The van der Waals surface area contributed by atoms with Crippen LogP contribution in [0.1, 0.15) is 31.4 Å². The monoisotopic (exact) mass is 537 g/mol. The SMILES string of the molecule is CCNC(=NCCCSc1nccs1)NC1CCc2nc(COC)nn2C1.I. The van der Waals surface area contributed by atoms with Gasteiger partial charge in [-0.3, -0.25) is 4.99 Å². The zero-order valence-electron chi connectivity index (χ0n) is 16.3. The number of nitrogens with zero attached hydrogens (tertiary/aromatic N) is 5. The van der Waals surface area contributed by atoms with E-state index in [2.05, 4.69) is 32.6 Å². The maximum absolute atomic E-state index is 5.13. The van der Waals surface area contributed by atoms with Crippen LogP contribution < -0.4 is 10.6 Å². The smallest absolute Gasteiger partial charge is 0.191 e. The number of rotatable bonds is 9. The molecule has 0 amide bonds. The van der Waals surface area contributed by atoms with Crippen molar-refractivity contribution in [2.75, 3.05) is 26.0 Å². The van der Waals surface area contributed by atoms with E-state index in [0.717, 1.165) is 66.6 Å². The van der Waals surface area contributed by atoms with E-state index in [4.69, 9.17) is 9.73 Å². The Labute approximate surface area is 191 Å². The second-order valence-electron chi connectivity index (χ2n) is 6.20. The first-order valence-electron chi connectivity index (χ1n) is 9.27. The molecule has 0 bridgehead atoms. The third kappa shape index (κ3) is 7.16. The zero-order chi connectivity index (χ0) is 18.9. The molecule has 1 aliphatic heterocycles. The van der Waals surface area contributed by atoms with Crippen molar-refractivity contribution in [3.63, 3.8) is 0 Å². The van der Waals surface area contributed by atoms with Gasteiger partial charge in [-0.2, -0.15) is 5.10 Å². The van der Waals surface area contributed by atoms with Crippen LogP contribution in [0.15, 0.2) is 20.9 Å². The Kier molecular flexibility index (Phi) is 10.5. The number of aryl methyl sites for hydroxylation is 1. The number of ether oxygens (including phenoxy) is 1. The Hall–Kier alpha value is -0.920. The average molecular weight is 537 g/mol. The summed E-state index contributed by atoms with van der Waals surface area (Å²) in [5.74, 6) is 3.71. The highest BCUT2D eigenvalue weighted by Gasteiger charge is 2.22. The lowest BCUT2D eigenvalue weighted by Gasteiger charge is -2.25. The van der Waals surface area contributed by atoms with E-state index in [-0.39, 0.29) is 24.0 Å². The van der Waals surface area contributed by atoms with E-state index in [0.29, 0.717) is 12.6 Å². The zero-order valence-corrected chi connectivity index (χ0v) is 20.2. The van der Waals surface area contributed by atoms with Gasteiger partial charge >= 0.3 is 0 Å². The molecule has 0 radical (unpaired) electrons. The molecule has 2 aromatic heterocycles. The summed E-state index contributed by atoms with van der Waals surface area (Å²) in [6.45, 7) is 4.99. The summed E-state index contributed by atoms with van der Waals surface area (Å²) < 4.78 is 8.25. The maximum atomic E-state index is 5.13. The number of halogens is 1. The Morgan fingerprint density at radius 1 is 1.50 bits per heavy atom. The van der Waals surface area contributed by atoms with Crippen LogP contribution >= 0.6 is 47.1 Å². The second-order valence-corrected chi connectivity index (χ2v) is 8.44. The molecule has 2 N–H and O–H groups in total. The van der Waals surface area contributed by atoms with E-state index >= 15 is 0 Å². The minimum atomic E-state index is 0. The molecule has 3 heterocycles. The summed E-state index contributed by atoms with van der Waals surface area (Å²) in [6.07, 6.45) is 4.81. The number of fused-ring (bicyclic) bond motifs is 1. The predicted molar refractivity (Wildman–Crippen MR) is 125 cm³/mol. The lowest BCUT2D eigenvalue weighted by atomic mass is 10.1. The molecule has 1 aliphatic rings. The first kappa shape index (κ1) is 23.4. The molecule has 0 saturated carbocycles. The molecule has 0 spiro atoms. The summed E-state index contributed by atoms with van der Waals surface area (Å²) in [4.78, 5) is 13.5. The second kappa shape index (κ2) is 12.6. The molecule has 1 unspecified atom stereocenters. The molecule has 156 valence electrons. The molecule has 28 heavy (non-hydrogen) atoms. The summed E-state index contributed by atoms with van der Waals surface area (Å²) in [5, 5.41) is 13.4. The molecule has 0 aromatic carbocycles. The number of thioether (sulfide) groups is 1. The molecule has 3 rings (SSSR count). The van der Waals surface area contributed by atoms with Crippen LogP contribution in [-0.4, -0.2) is 57.7 Å². The fourth-order valence-electron chi connectivity index (χ4n) is 2.88. The van der Waals surface area contributed by atoms with Gasteiger partial charge in [0.05, 0.1) is 6.54 Å². The highest BCUT2D eigenvalue weighted by atomic mass is 127. The Morgan fingerprint density at radius 3 is 3.14 bits per heavy atom. The summed E-state index contributed by atoms with van der Waals surface area (Å²) in [5.41, 5.74) is 0. The normalized spacial score (nSPS) is 16.4. The number of aliphatic imine (C=N–C) groups is 1. The van der Waals surface area contributed by atoms with Gasteiger partial charge in [-0.25, -0.2) is 14.6 Å². The van der Waals surface area contributed by atoms with Crippen molar-refractivity contribution in [2.24, 2.45) is 4.99 Å². The van der Waals surface area contributed by atoms with Crippen molar-refractivity contribution in [2.45, 2.75) is 49.7 Å². The van der Waals surface area contributed by atoms with Crippen LogP contribution in [0.3, 0.4) is 0 Å². The molecule has 11 heteroatoms. The molecule has 0 aliphatic carbocycles. The Morgan fingerprint density at radius 2 is 2.39 bits per heavy atom. The minimum absolute atomic E-state index is 0. The lowest BCUT2D eigenvalue weighted by Crippen LogP contribution is -2.47. The molecule has 2 aromatic rings. The number of thiazole rings is 1. The van der Waals surface area contributed by atoms with Crippen molar-refractivity contribution >= 4 is 53.0 Å². The topological polar surface area (TPSA) is 89.2 Å². The van der Waals surface area contributed by atoms with E-state index < -0.39 is 0 Å². The van der Waals surface area contributed by atoms with Crippen LogP contribution in [0.4, 0.5) is 0 Å². The van der Waals surface area contributed by atoms with Gasteiger partial charge in [-0.15, -0.1) is 35.3 Å². The third-order valence-corrected chi connectivity index (χ3v) is 6.12. The van der Waals surface area contributed by atoms with Crippen molar-refractivity contribution < 1.29 is 4.74 Å². The number of guanidine groups is 1. The summed E-state index contributed by atoms with van der Waals surface area (Å²) in [6, 6.07) is 0.303. The molecule has 0 fully saturated rings. The minimum Gasteiger partial charge on any atom is -0.377 e. The maximum Gasteiger partial charge on any atom is 0.191 e. The van der Waals surface area contributed by atoms with Crippen molar-refractivity contribution in [1.82, 2.24) is 30.4 Å². The predicted octanol–water partition coefficient (Wildman–Crippen LogP) is 2.55. The van der Waals surface area contributed by atoms with Crippen LogP contribution in [0, 0.1) is 0 Å². The fourth-order valence-corrected chi connectivity index (χ4v) is 4.51. The number of hydrogen-bond donors (Lipinski definition) is 2. The third-order valence-electron chi connectivity index (χ3n) is 4.07. The Balaban J connectivity index is 0.00000280. The molecular weight excluding hydrogens is 509 g/mol. The molecular formula is C17H28IN7OS2. The standard InChI is InChI=1S/C17H27N7OS2.HI/c1-3-18-16(19-7-4-9-26-17-20-8-10-27-17)21-13-5-6-15-22-14(12-25-2)23-24(15)11-13;/h8,10,13H,3-7,9,11-12H2,1-2H3,(H2,18,19,21);1H. The van der Waals surface area contributed by atoms with Crippen molar-refractivity contribution in [3.05, 3.63) is 23.2 Å². The largest absolute Gasteiger partial charge is 0.377 e. The Bertz CT molecular complexity index is 723. The van der Waals surface area contributed by atoms with Crippen LogP contribution in [-0.2, 0) is 24.3 Å². The molecule has 1 atom stereocenters. The quantitative estimate of drug-likeness (QED) is 0.167. The fraction of sp³-hybridized carbons (Fsp3) is 0.647. The van der Waals surface area contributed by atoms with Crippen molar-refractivity contribution in [1.29, 1.82) is 0 Å². The number of methoxy groups -OCH3 is 1. The van der Waals surface area contributed by atoms with E-state index in [1.54, 1.807) is 30.2 Å². The van der Waals surface area contributed by atoms with Gasteiger partial charge in [-0.05, 0) is 19.8 Å². The van der Waals surface area contributed by atoms with E-state index in [1.165, 1.54) is 0 Å². The van der Waals surface area contributed by atoms with Gasteiger partial charge in [0, 0.05) is 50.0 Å². The van der Waals surface area contributed by atoms with E-state index in [9.17, 15) is 0 Å². The average Bonchev–Trinajstić information content (AvgIpc) is 3.30. The molecule has 0 saturated heterocycles. The summed E-state index contributed by atoms with van der Waals surface area (Å²) >= 11 is 3.48. The highest BCUT2D eigenvalue weighted by molar-refractivity contribution is 14.0. The van der Waals surface area contributed by atoms with Gasteiger partial charge in [0.2, 0.25) is 0 Å². The van der Waals surface area contributed by atoms with Gasteiger partial charge < -0.3 is 15.4 Å².